The van der Waals surface area contributed by atoms with E-state index >= 15 is 0 Å². The fourth-order valence-corrected chi connectivity index (χ4v) is 1.74. The average Bonchev–Trinajstić information content (AvgIpc) is 2.36. The van der Waals surface area contributed by atoms with Crippen molar-refractivity contribution in [2.45, 2.75) is 19.6 Å². The molecule has 0 radical (unpaired) electrons. The van der Waals surface area contributed by atoms with Crippen molar-refractivity contribution in [1.29, 1.82) is 0 Å². The van der Waals surface area contributed by atoms with Crippen molar-refractivity contribution in [3.8, 4) is 5.75 Å². The zero-order valence-corrected chi connectivity index (χ0v) is 11.8. The van der Waals surface area contributed by atoms with Crippen molar-refractivity contribution < 1.29 is 28.6 Å². The molecule has 1 aromatic rings. The minimum atomic E-state index is -1.35. The maximum atomic E-state index is 13.7. The van der Waals surface area contributed by atoms with Crippen LogP contribution in [-0.2, 0) is 19.1 Å². The summed E-state index contributed by atoms with van der Waals surface area (Å²) < 4.78 is 23.5. The summed E-state index contributed by atoms with van der Waals surface area (Å²) in [5, 5.41) is 11.1. The molecule has 21 heavy (non-hydrogen) atoms. The van der Waals surface area contributed by atoms with Crippen molar-refractivity contribution in [3.05, 3.63) is 34.7 Å². The Balaban J connectivity index is 2.24. The lowest BCUT2D eigenvalue weighted by atomic mass is 10.2. The number of anilines is 1. The van der Waals surface area contributed by atoms with E-state index in [4.69, 9.17) is 21.1 Å². The second kappa shape index (κ2) is 5.25. The summed E-state index contributed by atoms with van der Waals surface area (Å²) in [5.41, 5.74) is -0.548. The molecule has 2 N–H and O–H groups in total. The Hall–Kier alpha value is -2.28. The Bertz CT molecular complexity index is 634. The minimum absolute atomic E-state index is 0.129. The lowest BCUT2D eigenvalue weighted by Crippen LogP contribution is -2.42. The van der Waals surface area contributed by atoms with Crippen LogP contribution in [0.5, 0.6) is 5.75 Å². The maximum absolute atomic E-state index is 13.7. The van der Waals surface area contributed by atoms with Gasteiger partial charge in [0.1, 0.15) is 10.8 Å². The van der Waals surface area contributed by atoms with Crippen LogP contribution in [-0.4, -0.2) is 22.8 Å². The van der Waals surface area contributed by atoms with Crippen molar-refractivity contribution in [2.75, 3.05) is 5.32 Å². The number of carbonyl (C=O) groups excluding carboxylic acids is 2. The van der Waals surface area contributed by atoms with Crippen LogP contribution in [0.25, 0.3) is 0 Å². The van der Waals surface area contributed by atoms with Gasteiger partial charge in [-0.3, -0.25) is 0 Å². The van der Waals surface area contributed by atoms with Gasteiger partial charge in [0.25, 0.3) is 5.79 Å². The summed E-state index contributed by atoms with van der Waals surface area (Å²) in [6.45, 7) is 2.82. The van der Waals surface area contributed by atoms with Crippen LogP contribution in [0.4, 0.5) is 10.1 Å². The second-order valence-electron chi connectivity index (χ2n) is 4.64. The van der Waals surface area contributed by atoms with E-state index in [1.165, 1.54) is 19.9 Å². The number of esters is 2. The third-order valence-electron chi connectivity index (χ3n) is 2.55. The number of carbonyl (C=O) groups is 2. The summed E-state index contributed by atoms with van der Waals surface area (Å²) in [7, 11) is 0. The predicted molar refractivity (Wildman–Crippen MR) is 71.0 cm³/mol. The normalized spacial score (nSPS) is 17.0. The molecule has 0 saturated carbocycles. The van der Waals surface area contributed by atoms with E-state index in [0.717, 1.165) is 12.3 Å². The smallest absolute Gasteiger partial charge is 0.350 e. The third-order valence-corrected chi connectivity index (χ3v) is 2.91. The van der Waals surface area contributed by atoms with Gasteiger partial charge in [0, 0.05) is 20.0 Å². The number of rotatable bonds is 2. The molecule has 1 aliphatic heterocycles. The fraction of sp³-hybridized carbons (Fsp3) is 0.231. The minimum Gasteiger partial charge on any atom is -0.506 e. The van der Waals surface area contributed by atoms with Gasteiger partial charge in [-0.05, 0) is 12.1 Å². The molecule has 0 spiro atoms. The molecule has 8 heteroatoms. The number of nitrogens with one attached hydrogen (secondary N) is 1. The van der Waals surface area contributed by atoms with Gasteiger partial charge in [-0.2, -0.15) is 0 Å². The monoisotopic (exact) mass is 315 g/mol. The molecule has 0 bridgehead atoms. The van der Waals surface area contributed by atoms with Crippen LogP contribution in [0.15, 0.2) is 23.9 Å². The van der Waals surface area contributed by atoms with Gasteiger partial charge in [0.15, 0.2) is 11.4 Å². The summed E-state index contributed by atoms with van der Waals surface area (Å²) in [5.74, 6) is -4.49. The van der Waals surface area contributed by atoms with Crippen LogP contribution in [0.2, 0.25) is 5.02 Å². The molecule has 0 aromatic heterocycles. The first kappa shape index (κ1) is 15.1. The van der Waals surface area contributed by atoms with Crippen molar-refractivity contribution in [2.24, 2.45) is 0 Å². The van der Waals surface area contributed by atoms with Gasteiger partial charge in [0.2, 0.25) is 0 Å². The number of hydrogen-bond acceptors (Lipinski definition) is 6. The number of phenolic OH excluding ortho intramolecular Hbond substituents is 1. The Morgan fingerprint density at radius 2 is 1.86 bits per heavy atom. The van der Waals surface area contributed by atoms with E-state index in [2.05, 4.69) is 5.32 Å². The summed E-state index contributed by atoms with van der Waals surface area (Å²) >= 11 is 5.53. The first-order valence-corrected chi connectivity index (χ1v) is 6.19. The highest BCUT2D eigenvalue weighted by molar-refractivity contribution is 6.32. The molecule has 112 valence electrons. The van der Waals surface area contributed by atoms with Gasteiger partial charge in [0.05, 0.1) is 5.69 Å². The molecule has 1 fully saturated rings. The first-order chi connectivity index (χ1) is 9.71. The molecule has 0 atom stereocenters. The van der Waals surface area contributed by atoms with E-state index in [-0.39, 0.29) is 5.69 Å². The van der Waals surface area contributed by atoms with E-state index in [0.29, 0.717) is 0 Å². The SMILES string of the molecule is CC1(C)OC(=O)C(=CNc2ccc(O)c(Cl)c2F)C(=O)O1. The number of hydrogen-bond donors (Lipinski definition) is 2. The van der Waals surface area contributed by atoms with E-state index < -0.39 is 39.9 Å². The molecule has 1 saturated heterocycles. The van der Waals surface area contributed by atoms with Gasteiger partial charge >= 0.3 is 11.9 Å². The molecular weight excluding hydrogens is 305 g/mol. The Kier molecular flexibility index (Phi) is 3.78. The third kappa shape index (κ3) is 3.08. The largest absolute Gasteiger partial charge is 0.506 e. The van der Waals surface area contributed by atoms with E-state index in [1.807, 2.05) is 0 Å². The lowest BCUT2D eigenvalue weighted by molar-refractivity contribution is -0.222. The van der Waals surface area contributed by atoms with Crippen molar-refractivity contribution in [1.82, 2.24) is 0 Å². The highest BCUT2D eigenvalue weighted by Gasteiger charge is 2.38. The number of halogens is 2. The van der Waals surface area contributed by atoms with Crippen LogP contribution in [0, 0.1) is 5.82 Å². The van der Waals surface area contributed by atoms with Crippen LogP contribution in [0.1, 0.15) is 13.8 Å². The molecule has 0 amide bonds. The van der Waals surface area contributed by atoms with Crippen LogP contribution < -0.4 is 5.32 Å². The number of benzene rings is 1. The maximum Gasteiger partial charge on any atom is 0.350 e. The zero-order valence-electron chi connectivity index (χ0n) is 11.1. The molecular formula is C13H11ClFNO5. The Morgan fingerprint density at radius 3 is 2.43 bits per heavy atom. The molecule has 1 aliphatic rings. The molecule has 1 heterocycles. The van der Waals surface area contributed by atoms with Gasteiger partial charge in [-0.25, -0.2) is 14.0 Å². The van der Waals surface area contributed by atoms with Gasteiger partial charge < -0.3 is 19.9 Å². The standard InChI is InChI=1S/C13H11ClFNO5/c1-13(2)20-11(18)6(12(19)21-13)5-16-7-3-4-8(17)9(14)10(7)15/h3-5,16-17H,1-2H3. The zero-order chi connectivity index (χ0) is 15.8. The van der Waals surface area contributed by atoms with Crippen molar-refractivity contribution in [3.63, 3.8) is 0 Å². The van der Waals surface area contributed by atoms with Gasteiger partial charge in [-0.1, -0.05) is 11.6 Å². The molecule has 1 aromatic carbocycles. The first-order valence-electron chi connectivity index (χ1n) is 5.81. The van der Waals surface area contributed by atoms with Gasteiger partial charge in [-0.15, -0.1) is 0 Å². The van der Waals surface area contributed by atoms with Crippen LogP contribution >= 0.6 is 11.6 Å². The fourth-order valence-electron chi connectivity index (χ4n) is 1.58. The number of ether oxygens (including phenoxy) is 2. The predicted octanol–water partition coefficient (Wildman–Crippen LogP) is 2.32. The molecule has 0 unspecified atom stereocenters. The molecule has 6 nitrogen and oxygen atoms in total. The summed E-state index contributed by atoms with van der Waals surface area (Å²) in [6, 6.07) is 2.35. The van der Waals surface area contributed by atoms with E-state index in [1.54, 1.807) is 0 Å². The van der Waals surface area contributed by atoms with E-state index in [9.17, 15) is 19.1 Å². The molecule has 0 aliphatic carbocycles. The van der Waals surface area contributed by atoms with Crippen molar-refractivity contribution >= 4 is 29.2 Å². The Morgan fingerprint density at radius 1 is 1.29 bits per heavy atom. The Labute approximate surface area is 124 Å². The highest BCUT2D eigenvalue weighted by Crippen LogP contribution is 2.31. The molecule has 2 rings (SSSR count). The number of cyclic esters (lactones) is 2. The lowest BCUT2D eigenvalue weighted by Gasteiger charge is -2.29. The van der Waals surface area contributed by atoms with Crippen LogP contribution in [0.3, 0.4) is 0 Å². The topological polar surface area (TPSA) is 84.9 Å². The summed E-state index contributed by atoms with van der Waals surface area (Å²) in [4.78, 5) is 23.3. The number of phenols is 1. The quantitative estimate of drug-likeness (QED) is 0.377. The number of aromatic hydroxyl groups is 1. The average molecular weight is 316 g/mol. The summed E-state index contributed by atoms with van der Waals surface area (Å²) in [6.07, 6.45) is 0.950. The second-order valence-corrected chi connectivity index (χ2v) is 5.02. The highest BCUT2D eigenvalue weighted by atomic mass is 35.5.